The summed E-state index contributed by atoms with van der Waals surface area (Å²) < 4.78 is 21.7. The molecule has 0 aromatic heterocycles. The molecule has 2 saturated heterocycles. The van der Waals surface area contributed by atoms with E-state index in [0.717, 1.165) is 6.54 Å². The molecule has 1 N–H and O–H groups in total. The third-order valence-corrected chi connectivity index (χ3v) is 4.55. The van der Waals surface area contributed by atoms with Gasteiger partial charge in [0.1, 0.15) is 0 Å². The molecule has 52 valence electrons. The van der Waals surface area contributed by atoms with Crippen LogP contribution in [0.15, 0.2) is 0 Å². The van der Waals surface area contributed by atoms with Crippen LogP contribution in [0.25, 0.3) is 0 Å². The van der Waals surface area contributed by atoms with Crippen LogP contribution in [0.3, 0.4) is 0 Å². The highest BCUT2D eigenvalue weighted by Gasteiger charge is 2.48. The molecule has 0 bridgehead atoms. The Morgan fingerprint density at radius 3 is 2.56 bits per heavy atom. The van der Waals surface area contributed by atoms with E-state index in [9.17, 15) is 8.42 Å². The summed E-state index contributed by atoms with van der Waals surface area (Å²) in [6, 6.07) is 0. The zero-order valence-corrected chi connectivity index (χ0v) is 5.82. The third kappa shape index (κ3) is 0.632. The Balaban J connectivity index is 2.27. The zero-order valence-electron chi connectivity index (χ0n) is 5.00. The molecular weight excluding hydrogens is 138 g/mol. The molecule has 2 unspecified atom stereocenters. The fourth-order valence-electron chi connectivity index (χ4n) is 1.60. The first kappa shape index (κ1) is 5.68. The van der Waals surface area contributed by atoms with Crippen LogP contribution in [0.5, 0.6) is 0 Å². The van der Waals surface area contributed by atoms with Crippen molar-refractivity contribution in [2.24, 2.45) is 5.92 Å². The van der Waals surface area contributed by atoms with Gasteiger partial charge in [0.05, 0.1) is 11.0 Å². The van der Waals surface area contributed by atoms with E-state index in [1.807, 2.05) is 0 Å². The smallest absolute Gasteiger partial charge is 0.155 e. The Bertz CT molecular complexity index is 221. The van der Waals surface area contributed by atoms with Gasteiger partial charge in [-0.15, -0.1) is 0 Å². The van der Waals surface area contributed by atoms with Crippen molar-refractivity contribution < 1.29 is 8.42 Å². The molecule has 9 heavy (non-hydrogen) atoms. The summed E-state index contributed by atoms with van der Waals surface area (Å²) in [5.74, 6) is 0.861. The fourth-order valence-corrected chi connectivity index (χ4v) is 3.58. The van der Waals surface area contributed by atoms with Gasteiger partial charge in [0.2, 0.25) is 0 Å². The van der Waals surface area contributed by atoms with Crippen LogP contribution in [-0.2, 0) is 9.84 Å². The molecule has 2 aliphatic heterocycles. The summed E-state index contributed by atoms with van der Waals surface area (Å²) in [6.07, 6.45) is 0. The third-order valence-electron chi connectivity index (χ3n) is 2.19. The number of fused-ring (bicyclic) bond motifs is 1. The quantitative estimate of drug-likeness (QED) is 0.478. The van der Waals surface area contributed by atoms with E-state index >= 15 is 0 Å². The van der Waals surface area contributed by atoms with E-state index in [2.05, 4.69) is 5.32 Å². The molecule has 0 amide bonds. The molecule has 4 heteroatoms. The van der Waals surface area contributed by atoms with Crippen molar-refractivity contribution >= 4 is 9.84 Å². The summed E-state index contributed by atoms with van der Waals surface area (Å²) >= 11 is 0. The molecule has 2 heterocycles. The minimum absolute atomic E-state index is 0.0301. The van der Waals surface area contributed by atoms with Gasteiger partial charge in [-0.1, -0.05) is 0 Å². The zero-order chi connectivity index (χ0) is 6.48. The maximum Gasteiger partial charge on any atom is 0.155 e. The van der Waals surface area contributed by atoms with Crippen molar-refractivity contribution in [2.45, 2.75) is 5.25 Å². The van der Waals surface area contributed by atoms with E-state index < -0.39 is 9.84 Å². The number of nitrogens with one attached hydrogen (secondary N) is 1. The van der Waals surface area contributed by atoms with Crippen molar-refractivity contribution in [3.8, 4) is 0 Å². The Morgan fingerprint density at radius 2 is 2.11 bits per heavy atom. The molecular formula is C5H9NO2S. The lowest BCUT2D eigenvalue weighted by atomic mass is 10.1. The molecule has 0 spiro atoms. The Hall–Kier alpha value is -0.0900. The lowest BCUT2D eigenvalue weighted by Gasteiger charge is -2.28. The van der Waals surface area contributed by atoms with Crippen molar-refractivity contribution in [1.82, 2.24) is 5.32 Å². The molecule has 0 radical (unpaired) electrons. The minimum atomic E-state index is -2.62. The SMILES string of the molecule is O=S1(=O)CC2CNCC21. The highest BCUT2D eigenvalue weighted by atomic mass is 32.2. The van der Waals surface area contributed by atoms with Gasteiger partial charge in [-0.05, 0) is 0 Å². The minimum Gasteiger partial charge on any atom is -0.315 e. The van der Waals surface area contributed by atoms with Crippen LogP contribution < -0.4 is 5.32 Å². The lowest BCUT2D eigenvalue weighted by Crippen LogP contribution is -2.45. The van der Waals surface area contributed by atoms with Gasteiger partial charge in [-0.3, -0.25) is 0 Å². The molecule has 0 aromatic carbocycles. The first-order chi connectivity index (χ1) is 4.20. The first-order valence-corrected chi connectivity index (χ1v) is 4.84. The maximum atomic E-state index is 10.9. The summed E-state index contributed by atoms with van der Waals surface area (Å²) in [5, 5.41) is 3.03. The van der Waals surface area contributed by atoms with Gasteiger partial charge < -0.3 is 5.32 Å². The van der Waals surface area contributed by atoms with E-state index in [1.54, 1.807) is 0 Å². The molecule has 2 aliphatic rings. The van der Waals surface area contributed by atoms with Crippen LogP contribution in [-0.4, -0.2) is 32.5 Å². The number of hydrogen-bond acceptors (Lipinski definition) is 3. The topological polar surface area (TPSA) is 46.2 Å². The Morgan fingerprint density at radius 1 is 1.33 bits per heavy atom. The van der Waals surface area contributed by atoms with Crippen molar-refractivity contribution in [1.29, 1.82) is 0 Å². The van der Waals surface area contributed by atoms with Gasteiger partial charge in [-0.2, -0.15) is 0 Å². The van der Waals surface area contributed by atoms with Crippen molar-refractivity contribution in [2.75, 3.05) is 18.8 Å². The van der Waals surface area contributed by atoms with Crippen LogP contribution >= 0.6 is 0 Å². The standard InChI is InChI=1S/C5H9NO2S/c7-9(8)3-4-1-6-2-5(4)9/h4-6H,1-3H2. The summed E-state index contributed by atoms with van der Waals surface area (Å²) in [5.41, 5.74) is 0. The molecule has 2 fully saturated rings. The monoisotopic (exact) mass is 147 g/mol. The van der Waals surface area contributed by atoms with Crippen LogP contribution in [0.4, 0.5) is 0 Å². The Labute approximate surface area is 54.4 Å². The Kier molecular flexibility index (Phi) is 0.941. The predicted octanol–water partition coefficient (Wildman–Crippen LogP) is -0.997. The average Bonchev–Trinajstić information content (AvgIpc) is 2.10. The van der Waals surface area contributed by atoms with E-state index in [4.69, 9.17) is 0 Å². The summed E-state index contributed by atoms with van der Waals surface area (Å²) in [6.45, 7) is 1.59. The normalized spacial score (nSPS) is 45.8. The maximum absolute atomic E-state index is 10.9. The molecule has 2 atom stereocenters. The largest absolute Gasteiger partial charge is 0.315 e. The van der Waals surface area contributed by atoms with Gasteiger partial charge in [0.15, 0.2) is 9.84 Å². The predicted molar refractivity (Wildman–Crippen MR) is 33.9 cm³/mol. The highest BCUT2D eigenvalue weighted by molar-refractivity contribution is 7.93. The van der Waals surface area contributed by atoms with Gasteiger partial charge >= 0.3 is 0 Å². The van der Waals surface area contributed by atoms with Gasteiger partial charge in [0.25, 0.3) is 0 Å². The van der Waals surface area contributed by atoms with Crippen LogP contribution in [0, 0.1) is 5.92 Å². The summed E-state index contributed by atoms with van der Waals surface area (Å²) in [4.78, 5) is 0. The number of rotatable bonds is 0. The van der Waals surface area contributed by atoms with Crippen LogP contribution in [0.1, 0.15) is 0 Å². The lowest BCUT2D eigenvalue weighted by molar-refractivity contribution is 0.507. The second-order valence-electron chi connectivity index (χ2n) is 2.79. The average molecular weight is 147 g/mol. The van der Waals surface area contributed by atoms with Gasteiger partial charge in [-0.25, -0.2) is 8.42 Å². The molecule has 0 aromatic rings. The second kappa shape index (κ2) is 1.49. The fraction of sp³-hybridized carbons (Fsp3) is 1.00. The van der Waals surface area contributed by atoms with Gasteiger partial charge in [0, 0.05) is 19.0 Å². The van der Waals surface area contributed by atoms with E-state index in [-0.39, 0.29) is 5.25 Å². The van der Waals surface area contributed by atoms with E-state index in [1.165, 1.54) is 0 Å². The molecule has 0 saturated carbocycles. The van der Waals surface area contributed by atoms with Crippen LogP contribution in [0.2, 0.25) is 0 Å². The molecule has 3 nitrogen and oxygen atoms in total. The molecule has 2 rings (SSSR count). The van der Waals surface area contributed by atoms with E-state index in [0.29, 0.717) is 18.2 Å². The summed E-state index contributed by atoms with van der Waals surface area (Å²) in [7, 11) is -2.62. The highest BCUT2D eigenvalue weighted by Crippen LogP contribution is 2.30. The number of hydrogen-bond donors (Lipinski definition) is 1. The molecule has 0 aliphatic carbocycles. The second-order valence-corrected chi connectivity index (χ2v) is 5.05. The van der Waals surface area contributed by atoms with Crippen molar-refractivity contribution in [3.63, 3.8) is 0 Å². The number of sulfone groups is 1. The van der Waals surface area contributed by atoms with Crippen molar-refractivity contribution in [3.05, 3.63) is 0 Å². The first-order valence-electron chi connectivity index (χ1n) is 3.12.